The van der Waals surface area contributed by atoms with E-state index in [0.29, 0.717) is 18.7 Å². The Morgan fingerprint density at radius 2 is 2.20 bits per heavy atom. The summed E-state index contributed by atoms with van der Waals surface area (Å²) in [5.41, 5.74) is 0.406. The Morgan fingerprint density at radius 3 is 2.85 bits per heavy atom. The van der Waals surface area contributed by atoms with Gasteiger partial charge in [-0.3, -0.25) is 9.59 Å². The van der Waals surface area contributed by atoms with Crippen molar-refractivity contribution in [1.82, 2.24) is 4.90 Å². The van der Waals surface area contributed by atoms with Crippen LogP contribution in [0.1, 0.15) is 23.2 Å². The van der Waals surface area contributed by atoms with Crippen LogP contribution in [-0.4, -0.2) is 37.0 Å². The topological polar surface area (TPSA) is 46.6 Å². The van der Waals surface area contributed by atoms with Gasteiger partial charge in [-0.1, -0.05) is 0 Å². The molecule has 0 saturated carbocycles. The summed E-state index contributed by atoms with van der Waals surface area (Å²) >= 11 is 3.06. The molecule has 1 aromatic carbocycles. The monoisotopic (exact) mass is 343 g/mol. The van der Waals surface area contributed by atoms with E-state index in [1.54, 1.807) is 4.90 Å². The van der Waals surface area contributed by atoms with E-state index in [9.17, 15) is 14.0 Å². The van der Waals surface area contributed by atoms with Gasteiger partial charge in [0, 0.05) is 18.7 Å². The Labute approximate surface area is 125 Å². The maximum atomic E-state index is 13.2. The molecule has 0 N–H and O–H groups in total. The first-order chi connectivity index (χ1) is 9.52. The molecule has 1 aromatic rings. The third-order valence-corrected chi connectivity index (χ3v) is 4.02. The number of rotatable bonds is 2. The number of methoxy groups -OCH3 is 1. The zero-order valence-electron chi connectivity index (χ0n) is 11.1. The van der Waals surface area contributed by atoms with Crippen LogP contribution >= 0.6 is 15.9 Å². The Balaban J connectivity index is 2.12. The molecule has 0 aromatic heterocycles. The number of likely N-dealkylation sites (tertiary alicyclic amines) is 1. The Hall–Kier alpha value is -1.43. The van der Waals surface area contributed by atoms with Gasteiger partial charge in [0.1, 0.15) is 5.82 Å². The molecule has 1 amide bonds. The fourth-order valence-corrected chi connectivity index (χ4v) is 2.71. The van der Waals surface area contributed by atoms with Gasteiger partial charge in [0.05, 0.1) is 17.5 Å². The van der Waals surface area contributed by atoms with E-state index < -0.39 is 5.82 Å². The minimum Gasteiger partial charge on any atom is -0.469 e. The normalized spacial score (nSPS) is 18.8. The summed E-state index contributed by atoms with van der Waals surface area (Å²) in [5.74, 6) is -1.17. The molecule has 0 bridgehead atoms. The summed E-state index contributed by atoms with van der Waals surface area (Å²) in [6.45, 7) is 0.946. The number of hydrogen-bond donors (Lipinski definition) is 0. The van der Waals surface area contributed by atoms with Crippen molar-refractivity contribution in [2.75, 3.05) is 20.2 Å². The van der Waals surface area contributed by atoms with Gasteiger partial charge in [-0.15, -0.1) is 0 Å². The van der Waals surface area contributed by atoms with Gasteiger partial charge in [0.15, 0.2) is 0 Å². The van der Waals surface area contributed by atoms with Crippen molar-refractivity contribution >= 4 is 27.8 Å². The van der Waals surface area contributed by atoms with Crippen LogP contribution in [0.5, 0.6) is 0 Å². The Morgan fingerprint density at radius 1 is 1.45 bits per heavy atom. The number of nitrogens with zero attached hydrogens (tertiary/aromatic N) is 1. The summed E-state index contributed by atoms with van der Waals surface area (Å²) < 4.78 is 18.2. The van der Waals surface area contributed by atoms with E-state index >= 15 is 0 Å². The van der Waals surface area contributed by atoms with Crippen LogP contribution in [0.25, 0.3) is 0 Å². The number of hydrogen-bond acceptors (Lipinski definition) is 3. The molecule has 0 unspecified atom stereocenters. The van der Waals surface area contributed by atoms with Crippen LogP contribution in [0, 0.1) is 11.7 Å². The summed E-state index contributed by atoms with van der Waals surface area (Å²) in [7, 11) is 1.35. The number of ether oxygens (including phenoxy) is 1. The Kier molecular flexibility index (Phi) is 4.75. The van der Waals surface area contributed by atoms with Crippen molar-refractivity contribution in [1.29, 1.82) is 0 Å². The molecule has 1 aliphatic heterocycles. The first-order valence-corrected chi connectivity index (χ1v) is 7.14. The van der Waals surface area contributed by atoms with Crippen LogP contribution in [-0.2, 0) is 9.53 Å². The summed E-state index contributed by atoms with van der Waals surface area (Å²) in [4.78, 5) is 25.5. The molecule has 0 aliphatic carbocycles. The number of benzene rings is 1. The molecule has 1 saturated heterocycles. The lowest BCUT2D eigenvalue weighted by Gasteiger charge is -2.31. The van der Waals surface area contributed by atoms with Crippen LogP contribution in [0.4, 0.5) is 4.39 Å². The first-order valence-electron chi connectivity index (χ1n) is 6.35. The summed E-state index contributed by atoms with van der Waals surface area (Å²) in [5, 5.41) is 0. The van der Waals surface area contributed by atoms with Crippen molar-refractivity contribution in [3.63, 3.8) is 0 Å². The van der Waals surface area contributed by atoms with Gasteiger partial charge in [0.2, 0.25) is 0 Å². The number of piperidine rings is 1. The third kappa shape index (κ3) is 3.17. The van der Waals surface area contributed by atoms with Crippen molar-refractivity contribution in [3.05, 3.63) is 34.1 Å². The predicted octanol–water partition coefficient (Wildman–Crippen LogP) is 2.61. The van der Waals surface area contributed by atoms with Crippen LogP contribution < -0.4 is 0 Å². The molecular formula is C14H15BrFNO3. The van der Waals surface area contributed by atoms with Crippen molar-refractivity contribution in [2.45, 2.75) is 12.8 Å². The average Bonchev–Trinajstić information content (AvgIpc) is 2.48. The van der Waals surface area contributed by atoms with Crippen LogP contribution in [0.2, 0.25) is 0 Å². The lowest BCUT2D eigenvalue weighted by atomic mass is 9.97. The maximum absolute atomic E-state index is 13.2. The second-order valence-electron chi connectivity index (χ2n) is 4.74. The van der Waals surface area contributed by atoms with Gasteiger partial charge >= 0.3 is 5.97 Å². The average molecular weight is 344 g/mol. The molecule has 1 atom stereocenters. The molecule has 0 radical (unpaired) electrons. The lowest BCUT2D eigenvalue weighted by molar-refractivity contribution is -0.146. The van der Waals surface area contributed by atoms with Gasteiger partial charge in [-0.2, -0.15) is 0 Å². The van der Waals surface area contributed by atoms with Gasteiger partial charge in [-0.05, 0) is 47.0 Å². The summed E-state index contributed by atoms with van der Waals surface area (Å²) in [6, 6.07) is 4.16. The molecule has 6 heteroatoms. The number of carbonyl (C=O) groups is 2. The highest BCUT2D eigenvalue weighted by Crippen LogP contribution is 2.22. The molecule has 2 rings (SSSR count). The molecule has 20 heavy (non-hydrogen) atoms. The minimum absolute atomic E-state index is 0.195. The fraction of sp³-hybridized carbons (Fsp3) is 0.429. The van der Waals surface area contributed by atoms with E-state index in [1.165, 1.54) is 25.3 Å². The molecule has 108 valence electrons. The second-order valence-corrected chi connectivity index (χ2v) is 5.60. The zero-order valence-corrected chi connectivity index (χ0v) is 12.7. The standard InChI is InChI=1S/C14H15BrFNO3/c1-20-14(19)10-3-2-6-17(8-10)13(18)9-4-5-12(16)11(15)7-9/h4-5,7,10H,2-3,6,8H2,1H3/t10-/m0/s1. The van der Waals surface area contributed by atoms with Crippen molar-refractivity contribution in [3.8, 4) is 0 Å². The third-order valence-electron chi connectivity index (χ3n) is 3.41. The molecular weight excluding hydrogens is 329 g/mol. The van der Waals surface area contributed by atoms with E-state index in [-0.39, 0.29) is 22.3 Å². The molecule has 1 fully saturated rings. The maximum Gasteiger partial charge on any atom is 0.310 e. The largest absolute Gasteiger partial charge is 0.469 e. The van der Waals surface area contributed by atoms with Crippen molar-refractivity contribution < 1.29 is 18.7 Å². The highest BCUT2D eigenvalue weighted by molar-refractivity contribution is 9.10. The number of carbonyl (C=O) groups excluding carboxylic acids is 2. The lowest BCUT2D eigenvalue weighted by Crippen LogP contribution is -2.42. The minimum atomic E-state index is -0.410. The van der Waals surface area contributed by atoms with E-state index in [0.717, 1.165) is 12.8 Å². The SMILES string of the molecule is COC(=O)[C@H]1CCCN(C(=O)c2ccc(F)c(Br)c2)C1. The smallest absolute Gasteiger partial charge is 0.310 e. The Bertz CT molecular complexity index is 535. The van der Waals surface area contributed by atoms with E-state index in [4.69, 9.17) is 4.74 Å². The predicted molar refractivity (Wildman–Crippen MR) is 74.7 cm³/mol. The molecule has 1 heterocycles. The van der Waals surface area contributed by atoms with Gasteiger partial charge < -0.3 is 9.64 Å². The van der Waals surface area contributed by atoms with E-state index in [2.05, 4.69) is 15.9 Å². The molecule has 1 aliphatic rings. The summed E-state index contributed by atoms with van der Waals surface area (Å²) in [6.07, 6.45) is 1.48. The number of amides is 1. The highest BCUT2D eigenvalue weighted by atomic mass is 79.9. The second kappa shape index (κ2) is 6.35. The number of esters is 1. The van der Waals surface area contributed by atoms with E-state index in [1.807, 2.05) is 0 Å². The first kappa shape index (κ1) is 15.0. The fourth-order valence-electron chi connectivity index (χ4n) is 2.33. The highest BCUT2D eigenvalue weighted by Gasteiger charge is 2.29. The van der Waals surface area contributed by atoms with Crippen LogP contribution in [0.3, 0.4) is 0 Å². The van der Waals surface area contributed by atoms with Crippen LogP contribution in [0.15, 0.2) is 22.7 Å². The molecule has 4 nitrogen and oxygen atoms in total. The quantitative estimate of drug-likeness (QED) is 0.775. The molecule has 0 spiro atoms. The van der Waals surface area contributed by atoms with Gasteiger partial charge in [0.25, 0.3) is 5.91 Å². The van der Waals surface area contributed by atoms with Gasteiger partial charge in [-0.25, -0.2) is 4.39 Å². The number of halogens is 2. The van der Waals surface area contributed by atoms with Crippen molar-refractivity contribution in [2.24, 2.45) is 5.92 Å². The zero-order chi connectivity index (χ0) is 14.7.